The lowest BCUT2D eigenvalue weighted by Crippen LogP contribution is -2.47. The number of rotatable bonds is 7. The van der Waals surface area contributed by atoms with Gasteiger partial charge in [0.05, 0.1) is 12.5 Å². The van der Waals surface area contributed by atoms with E-state index in [0.717, 1.165) is 6.42 Å². The molecule has 1 aromatic heterocycles. The molecule has 0 spiro atoms. The minimum Gasteiger partial charge on any atom is -0.383 e. The lowest BCUT2D eigenvalue weighted by molar-refractivity contribution is -0.138. The van der Waals surface area contributed by atoms with Crippen LogP contribution in [0.4, 0.5) is 0 Å². The van der Waals surface area contributed by atoms with Crippen molar-refractivity contribution in [2.45, 2.75) is 26.2 Å². The molecule has 122 valence electrons. The number of methoxy groups -OCH3 is 1. The summed E-state index contributed by atoms with van der Waals surface area (Å²) in [6, 6.07) is 4.21. The van der Waals surface area contributed by atoms with E-state index in [4.69, 9.17) is 4.74 Å². The number of amides is 2. The topological polar surface area (TPSA) is 58.6 Å². The highest BCUT2D eigenvalue weighted by molar-refractivity contribution is 7.11. The van der Waals surface area contributed by atoms with Gasteiger partial charge in [0.25, 0.3) is 0 Å². The maximum Gasteiger partial charge on any atom is 0.224 e. The molecule has 22 heavy (non-hydrogen) atoms. The average Bonchev–Trinajstić information content (AvgIpc) is 2.92. The molecule has 1 N–H and O–H groups in total. The maximum absolute atomic E-state index is 12.2. The van der Waals surface area contributed by atoms with Crippen molar-refractivity contribution in [3.05, 3.63) is 21.9 Å². The van der Waals surface area contributed by atoms with Gasteiger partial charge in [-0.25, -0.2) is 0 Å². The molecule has 1 saturated heterocycles. The summed E-state index contributed by atoms with van der Waals surface area (Å²) in [5.74, 6) is 0.0815. The first-order valence-corrected chi connectivity index (χ1v) is 8.51. The Morgan fingerprint density at radius 3 is 3.00 bits per heavy atom. The number of nitrogens with zero attached hydrogens (tertiary/aromatic N) is 1. The van der Waals surface area contributed by atoms with Crippen LogP contribution in [0.15, 0.2) is 12.1 Å². The number of piperidine rings is 1. The Bertz CT molecular complexity index is 515. The number of carbonyl (C=O) groups excluding carboxylic acids is 2. The van der Waals surface area contributed by atoms with E-state index < -0.39 is 0 Å². The Hall–Kier alpha value is -1.40. The largest absolute Gasteiger partial charge is 0.383 e. The summed E-state index contributed by atoms with van der Waals surface area (Å²) in [5, 5.41) is 3.00. The molecule has 1 aliphatic rings. The molecule has 0 aliphatic carbocycles. The van der Waals surface area contributed by atoms with Crippen molar-refractivity contribution in [2.75, 3.05) is 33.4 Å². The van der Waals surface area contributed by atoms with Gasteiger partial charge in [-0.3, -0.25) is 9.59 Å². The molecule has 0 saturated carbocycles. The lowest BCUT2D eigenvalue weighted by atomic mass is 9.96. The van der Waals surface area contributed by atoms with E-state index in [1.165, 1.54) is 9.75 Å². The number of hydrogen-bond donors (Lipinski definition) is 1. The van der Waals surface area contributed by atoms with Gasteiger partial charge in [0, 0.05) is 42.9 Å². The molecule has 2 heterocycles. The predicted molar refractivity (Wildman–Crippen MR) is 86.9 cm³/mol. The third kappa shape index (κ3) is 4.81. The molecule has 1 fully saturated rings. The number of nitrogens with one attached hydrogen (secondary N) is 1. The summed E-state index contributed by atoms with van der Waals surface area (Å²) in [4.78, 5) is 28.4. The van der Waals surface area contributed by atoms with Crippen LogP contribution in [0.1, 0.15) is 22.6 Å². The monoisotopic (exact) mass is 324 g/mol. The fraction of sp³-hybridized carbons (Fsp3) is 0.625. The minimum atomic E-state index is -0.0976. The summed E-state index contributed by atoms with van der Waals surface area (Å²) in [6.45, 7) is 4.32. The Kier molecular flexibility index (Phi) is 6.39. The van der Waals surface area contributed by atoms with Gasteiger partial charge in [0.1, 0.15) is 0 Å². The summed E-state index contributed by atoms with van der Waals surface area (Å²) in [7, 11) is 1.62. The van der Waals surface area contributed by atoms with Crippen molar-refractivity contribution < 1.29 is 14.3 Å². The normalized spacial score (nSPS) is 18.5. The van der Waals surface area contributed by atoms with Crippen LogP contribution in [0.3, 0.4) is 0 Å². The summed E-state index contributed by atoms with van der Waals surface area (Å²) < 4.78 is 5.01. The molecular formula is C16H24N2O3S. The van der Waals surface area contributed by atoms with E-state index in [1.807, 2.05) is 0 Å². The molecule has 2 rings (SSSR count). The van der Waals surface area contributed by atoms with E-state index in [2.05, 4.69) is 24.4 Å². The number of thiophene rings is 1. The van der Waals surface area contributed by atoms with Crippen LogP contribution < -0.4 is 5.32 Å². The average molecular weight is 324 g/mol. The van der Waals surface area contributed by atoms with E-state index in [-0.39, 0.29) is 17.7 Å². The highest BCUT2D eigenvalue weighted by atomic mass is 32.1. The Morgan fingerprint density at radius 2 is 2.32 bits per heavy atom. The van der Waals surface area contributed by atoms with Crippen LogP contribution in [0.2, 0.25) is 0 Å². The van der Waals surface area contributed by atoms with Crippen molar-refractivity contribution in [1.82, 2.24) is 10.2 Å². The van der Waals surface area contributed by atoms with Gasteiger partial charge < -0.3 is 15.0 Å². The number of likely N-dealkylation sites (tertiary alicyclic amines) is 1. The Morgan fingerprint density at radius 1 is 1.50 bits per heavy atom. The van der Waals surface area contributed by atoms with Crippen LogP contribution >= 0.6 is 11.3 Å². The second-order valence-corrected chi connectivity index (χ2v) is 6.99. The van der Waals surface area contributed by atoms with Gasteiger partial charge in [-0.2, -0.15) is 0 Å². The quantitative estimate of drug-likeness (QED) is 0.829. The summed E-state index contributed by atoms with van der Waals surface area (Å²) in [5.41, 5.74) is 0. The van der Waals surface area contributed by atoms with Crippen LogP contribution in [0.5, 0.6) is 0 Å². The molecule has 0 unspecified atom stereocenters. The molecule has 0 bridgehead atoms. The standard InChI is InChI=1S/C16H24N2O3S/c1-12-3-5-14(22-12)7-8-17-16(20)13-4-6-15(19)18(11-13)9-10-21-2/h3,5,13H,4,6-11H2,1-2H3,(H,17,20)/t13-/m1/s1. The third-order valence-corrected chi connectivity index (χ3v) is 4.96. The number of aryl methyl sites for hydroxylation is 1. The van der Waals surface area contributed by atoms with Crippen molar-refractivity contribution in [1.29, 1.82) is 0 Å². The zero-order chi connectivity index (χ0) is 15.9. The number of carbonyl (C=O) groups is 2. The molecule has 0 radical (unpaired) electrons. The SMILES string of the molecule is COCCN1C[C@H](C(=O)NCCc2ccc(C)s2)CCC1=O. The fourth-order valence-corrected chi connectivity index (χ4v) is 3.51. The van der Waals surface area contributed by atoms with Gasteiger partial charge >= 0.3 is 0 Å². The zero-order valence-corrected chi connectivity index (χ0v) is 14.1. The second-order valence-electron chi connectivity index (χ2n) is 5.62. The highest BCUT2D eigenvalue weighted by Crippen LogP contribution is 2.18. The van der Waals surface area contributed by atoms with Crippen LogP contribution in [-0.2, 0) is 20.7 Å². The minimum absolute atomic E-state index is 0.0585. The fourth-order valence-electron chi connectivity index (χ4n) is 2.62. The van der Waals surface area contributed by atoms with Crippen molar-refractivity contribution in [2.24, 2.45) is 5.92 Å². The van der Waals surface area contributed by atoms with Gasteiger partial charge in [-0.15, -0.1) is 11.3 Å². The van der Waals surface area contributed by atoms with Gasteiger partial charge in [-0.1, -0.05) is 0 Å². The van der Waals surface area contributed by atoms with Crippen molar-refractivity contribution in [3.63, 3.8) is 0 Å². The first-order chi connectivity index (χ1) is 10.6. The first kappa shape index (κ1) is 17.0. The Balaban J connectivity index is 1.75. The van der Waals surface area contributed by atoms with Crippen molar-refractivity contribution in [3.8, 4) is 0 Å². The molecule has 0 aromatic carbocycles. The molecule has 1 atom stereocenters. The van der Waals surface area contributed by atoms with Gasteiger partial charge in [0.15, 0.2) is 0 Å². The van der Waals surface area contributed by atoms with E-state index >= 15 is 0 Å². The predicted octanol–water partition coefficient (Wildman–Crippen LogP) is 1.60. The molecule has 2 amide bonds. The first-order valence-electron chi connectivity index (χ1n) is 7.70. The molecule has 1 aromatic rings. The summed E-state index contributed by atoms with van der Waals surface area (Å²) >= 11 is 1.77. The van der Waals surface area contributed by atoms with E-state index in [1.54, 1.807) is 23.3 Å². The third-order valence-electron chi connectivity index (χ3n) is 3.90. The summed E-state index contributed by atoms with van der Waals surface area (Å²) in [6.07, 6.45) is 1.96. The van der Waals surface area contributed by atoms with Gasteiger partial charge in [-0.05, 0) is 31.9 Å². The second kappa shape index (κ2) is 8.29. The number of ether oxygens (including phenoxy) is 1. The highest BCUT2D eigenvalue weighted by Gasteiger charge is 2.29. The molecule has 1 aliphatic heterocycles. The molecule has 6 heteroatoms. The van der Waals surface area contributed by atoms with Gasteiger partial charge in [0.2, 0.25) is 11.8 Å². The van der Waals surface area contributed by atoms with Crippen LogP contribution in [0, 0.1) is 12.8 Å². The van der Waals surface area contributed by atoms with E-state index in [0.29, 0.717) is 39.1 Å². The van der Waals surface area contributed by atoms with E-state index in [9.17, 15) is 9.59 Å². The smallest absolute Gasteiger partial charge is 0.224 e. The Labute approximate surface area is 135 Å². The lowest BCUT2D eigenvalue weighted by Gasteiger charge is -2.31. The number of hydrogen-bond acceptors (Lipinski definition) is 4. The molecular weight excluding hydrogens is 300 g/mol. The maximum atomic E-state index is 12.2. The van der Waals surface area contributed by atoms with Crippen molar-refractivity contribution >= 4 is 23.2 Å². The van der Waals surface area contributed by atoms with Crippen LogP contribution in [0.25, 0.3) is 0 Å². The van der Waals surface area contributed by atoms with Crippen LogP contribution in [-0.4, -0.2) is 50.1 Å². The molecule has 5 nitrogen and oxygen atoms in total. The zero-order valence-electron chi connectivity index (χ0n) is 13.3.